The monoisotopic (exact) mass is 330 g/mol. The van der Waals surface area contributed by atoms with Crippen LogP contribution in [-0.2, 0) is 25.1 Å². The summed E-state index contributed by atoms with van der Waals surface area (Å²) in [5.74, 6) is 0.833. The third-order valence-corrected chi connectivity index (χ3v) is 5.33. The number of hydrogen-bond acceptors (Lipinski definition) is 4. The highest BCUT2D eigenvalue weighted by Crippen LogP contribution is 2.31. The summed E-state index contributed by atoms with van der Waals surface area (Å²) in [6, 6.07) is 8.48. The van der Waals surface area contributed by atoms with Crippen molar-refractivity contribution in [2.24, 2.45) is 0 Å². The smallest absolute Gasteiger partial charge is 0.348 e. The van der Waals surface area contributed by atoms with Gasteiger partial charge in [0.15, 0.2) is 0 Å². The van der Waals surface area contributed by atoms with E-state index in [0.717, 1.165) is 35.7 Å². The maximum Gasteiger partial charge on any atom is 0.348 e. The van der Waals surface area contributed by atoms with Crippen LogP contribution < -0.4 is 5.69 Å². The molecule has 1 aromatic carbocycles. The van der Waals surface area contributed by atoms with Gasteiger partial charge in [0.2, 0.25) is 0 Å². The van der Waals surface area contributed by atoms with Crippen LogP contribution in [0, 0.1) is 6.92 Å². The van der Waals surface area contributed by atoms with Crippen molar-refractivity contribution >= 4 is 11.8 Å². The Kier molecular flexibility index (Phi) is 5.18. The standard InChI is InChI=1S/C18H22N2O2S/c1-13-6-8-14(9-7-13)12-23-17-15-4-2-5-16(15)20(10-3-11-21)18(22)19-17/h6-9,21H,2-5,10-12H2,1H3. The highest BCUT2D eigenvalue weighted by molar-refractivity contribution is 7.98. The number of aliphatic hydroxyl groups excluding tert-OH is 1. The van der Waals surface area contributed by atoms with Crippen molar-refractivity contribution in [2.45, 2.75) is 49.9 Å². The first kappa shape index (κ1) is 16.3. The number of hydrogen-bond donors (Lipinski definition) is 1. The van der Waals surface area contributed by atoms with E-state index >= 15 is 0 Å². The van der Waals surface area contributed by atoms with Crippen LogP contribution >= 0.6 is 11.8 Å². The molecule has 0 atom stereocenters. The molecule has 0 saturated heterocycles. The quantitative estimate of drug-likeness (QED) is 0.653. The number of aryl methyl sites for hydroxylation is 1. The van der Waals surface area contributed by atoms with Crippen molar-refractivity contribution in [3.8, 4) is 0 Å². The van der Waals surface area contributed by atoms with Crippen molar-refractivity contribution < 1.29 is 5.11 Å². The second-order valence-electron chi connectivity index (χ2n) is 5.98. The Bertz CT molecular complexity index is 738. The molecule has 0 spiro atoms. The summed E-state index contributed by atoms with van der Waals surface area (Å²) in [7, 11) is 0. The lowest BCUT2D eigenvalue weighted by Crippen LogP contribution is -2.27. The molecule has 5 heteroatoms. The molecule has 0 radical (unpaired) electrons. The predicted molar refractivity (Wildman–Crippen MR) is 93.0 cm³/mol. The van der Waals surface area contributed by atoms with E-state index in [-0.39, 0.29) is 12.3 Å². The number of benzene rings is 1. The first-order valence-corrected chi connectivity index (χ1v) is 9.09. The van der Waals surface area contributed by atoms with Crippen molar-refractivity contribution in [3.05, 3.63) is 57.1 Å². The van der Waals surface area contributed by atoms with E-state index in [2.05, 4.69) is 36.2 Å². The average molecular weight is 330 g/mol. The molecule has 1 aliphatic carbocycles. The number of fused-ring (bicyclic) bond motifs is 1. The van der Waals surface area contributed by atoms with Crippen LogP contribution in [0.4, 0.5) is 0 Å². The second-order valence-corrected chi connectivity index (χ2v) is 6.95. The SMILES string of the molecule is Cc1ccc(CSc2nc(=O)n(CCCO)c3c2CCC3)cc1. The normalized spacial score (nSPS) is 13.3. The predicted octanol–water partition coefficient (Wildman–Crippen LogP) is 2.72. The van der Waals surface area contributed by atoms with Gasteiger partial charge in [-0.3, -0.25) is 4.57 Å². The fourth-order valence-corrected chi connectivity index (χ4v) is 4.03. The van der Waals surface area contributed by atoms with Gasteiger partial charge in [-0.15, -0.1) is 11.8 Å². The Hall–Kier alpha value is -1.59. The van der Waals surface area contributed by atoms with Gasteiger partial charge in [-0.1, -0.05) is 29.8 Å². The molecule has 23 heavy (non-hydrogen) atoms. The largest absolute Gasteiger partial charge is 0.396 e. The Labute approximate surface area is 140 Å². The van der Waals surface area contributed by atoms with Gasteiger partial charge < -0.3 is 5.11 Å². The van der Waals surface area contributed by atoms with Crippen LogP contribution in [0.1, 0.15) is 35.2 Å². The lowest BCUT2D eigenvalue weighted by Gasteiger charge is -2.13. The lowest BCUT2D eigenvalue weighted by atomic mass is 10.2. The van der Waals surface area contributed by atoms with Crippen LogP contribution in [0.15, 0.2) is 34.1 Å². The van der Waals surface area contributed by atoms with E-state index in [1.165, 1.54) is 16.7 Å². The van der Waals surface area contributed by atoms with E-state index in [1.54, 1.807) is 16.3 Å². The fourth-order valence-electron chi connectivity index (χ4n) is 3.00. The molecule has 1 heterocycles. The van der Waals surface area contributed by atoms with Gasteiger partial charge in [0.25, 0.3) is 0 Å². The lowest BCUT2D eigenvalue weighted by molar-refractivity contribution is 0.277. The molecule has 0 unspecified atom stereocenters. The molecule has 4 nitrogen and oxygen atoms in total. The van der Waals surface area contributed by atoms with Crippen LogP contribution in [0.25, 0.3) is 0 Å². The zero-order valence-corrected chi connectivity index (χ0v) is 14.2. The molecule has 0 amide bonds. The summed E-state index contributed by atoms with van der Waals surface area (Å²) < 4.78 is 1.76. The molecule has 122 valence electrons. The van der Waals surface area contributed by atoms with E-state index in [1.807, 2.05) is 0 Å². The van der Waals surface area contributed by atoms with Crippen molar-refractivity contribution in [3.63, 3.8) is 0 Å². The van der Waals surface area contributed by atoms with E-state index < -0.39 is 0 Å². The highest BCUT2D eigenvalue weighted by atomic mass is 32.2. The van der Waals surface area contributed by atoms with Crippen LogP contribution in [0.3, 0.4) is 0 Å². The van der Waals surface area contributed by atoms with Gasteiger partial charge >= 0.3 is 5.69 Å². The van der Waals surface area contributed by atoms with Gasteiger partial charge in [0, 0.05) is 30.2 Å². The fraction of sp³-hybridized carbons (Fsp3) is 0.444. The van der Waals surface area contributed by atoms with Crippen molar-refractivity contribution in [1.82, 2.24) is 9.55 Å². The molecule has 3 rings (SSSR count). The Morgan fingerprint density at radius 1 is 1.26 bits per heavy atom. The molecule has 0 saturated carbocycles. The molecule has 2 aromatic rings. The molecule has 0 aliphatic heterocycles. The van der Waals surface area contributed by atoms with Gasteiger partial charge in [-0.05, 0) is 38.2 Å². The third-order valence-electron chi connectivity index (χ3n) is 4.24. The Morgan fingerprint density at radius 3 is 2.78 bits per heavy atom. The summed E-state index contributed by atoms with van der Waals surface area (Å²) in [6.07, 6.45) is 3.62. The minimum absolute atomic E-state index is 0.102. The minimum atomic E-state index is -0.175. The topological polar surface area (TPSA) is 55.1 Å². The molecule has 0 fully saturated rings. The zero-order valence-electron chi connectivity index (χ0n) is 13.4. The number of nitrogens with zero attached hydrogens (tertiary/aromatic N) is 2. The first-order valence-electron chi connectivity index (χ1n) is 8.11. The van der Waals surface area contributed by atoms with Gasteiger partial charge in [0.05, 0.1) is 0 Å². The Morgan fingerprint density at radius 2 is 2.04 bits per heavy atom. The Balaban J connectivity index is 1.83. The maximum absolute atomic E-state index is 12.3. The second kappa shape index (κ2) is 7.32. The zero-order chi connectivity index (χ0) is 16.2. The summed E-state index contributed by atoms with van der Waals surface area (Å²) in [5.41, 5.74) is 4.69. The number of rotatable bonds is 6. The van der Waals surface area contributed by atoms with E-state index in [4.69, 9.17) is 5.11 Å². The highest BCUT2D eigenvalue weighted by Gasteiger charge is 2.21. The molecule has 0 bridgehead atoms. The molecular weight excluding hydrogens is 308 g/mol. The van der Waals surface area contributed by atoms with Crippen molar-refractivity contribution in [1.29, 1.82) is 0 Å². The first-order chi connectivity index (χ1) is 11.2. The number of thioether (sulfide) groups is 1. The summed E-state index contributed by atoms with van der Waals surface area (Å²) in [5, 5.41) is 9.90. The minimum Gasteiger partial charge on any atom is -0.396 e. The van der Waals surface area contributed by atoms with Gasteiger partial charge in [0.1, 0.15) is 5.03 Å². The summed E-state index contributed by atoms with van der Waals surface area (Å²) >= 11 is 1.66. The molecule has 1 N–H and O–H groups in total. The summed E-state index contributed by atoms with van der Waals surface area (Å²) in [6.45, 7) is 2.75. The van der Waals surface area contributed by atoms with Gasteiger partial charge in [-0.25, -0.2) is 4.79 Å². The third kappa shape index (κ3) is 3.67. The van der Waals surface area contributed by atoms with Gasteiger partial charge in [-0.2, -0.15) is 4.98 Å². The molecular formula is C18H22N2O2S. The maximum atomic E-state index is 12.3. The number of aliphatic hydroxyl groups is 1. The molecule has 1 aliphatic rings. The van der Waals surface area contributed by atoms with Crippen LogP contribution in [0.2, 0.25) is 0 Å². The van der Waals surface area contributed by atoms with Crippen LogP contribution in [0.5, 0.6) is 0 Å². The summed E-state index contributed by atoms with van der Waals surface area (Å²) in [4.78, 5) is 16.6. The average Bonchev–Trinajstić information content (AvgIpc) is 3.03. The van der Waals surface area contributed by atoms with Crippen LogP contribution in [-0.4, -0.2) is 21.3 Å². The van der Waals surface area contributed by atoms with E-state index in [9.17, 15) is 4.79 Å². The van der Waals surface area contributed by atoms with E-state index in [0.29, 0.717) is 13.0 Å². The molecule has 1 aromatic heterocycles. The number of aromatic nitrogens is 2. The van der Waals surface area contributed by atoms with Crippen molar-refractivity contribution in [2.75, 3.05) is 6.61 Å².